The Labute approximate surface area is 245 Å². The van der Waals surface area contributed by atoms with Gasteiger partial charge in [0.2, 0.25) is 0 Å². The number of aromatic carboxylic acids is 1. The van der Waals surface area contributed by atoms with Gasteiger partial charge in [0.05, 0.1) is 11.6 Å². The number of carboxylic acids is 1. The molecule has 0 radical (unpaired) electrons. The van der Waals surface area contributed by atoms with Crippen LogP contribution in [0.15, 0.2) is 40.4 Å². The predicted molar refractivity (Wildman–Crippen MR) is 162 cm³/mol. The van der Waals surface area contributed by atoms with Crippen LogP contribution in [-0.4, -0.2) is 39.1 Å². The van der Waals surface area contributed by atoms with Gasteiger partial charge in [-0.1, -0.05) is 78.3 Å². The number of hydrogen-bond donors (Lipinski definition) is 1. The first-order chi connectivity index (χ1) is 18.1. The van der Waals surface area contributed by atoms with E-state index in [1.807, 2.05) is 19.1 Å². The SMILES string of the molecule is CC(CC(Cl)=CCCl)C1=NC2(CCC(C(C)(C)C)CC2)N(C(CCC(C)(C)C)c2ccc(C(=O)O)cc2)C1=O. The van der Waals surface area contributed by atoms with Gasteiger partial charge < -0.3 is 10.0 Å². The lowest BCUT2D eigenvalue weighted by Crippen LogP contribution is -2.51. The van der Waals surface area contributed by atoms with E-state index in [2.05, 4.69) is 46.4 Å². The molecule has 0 aromatic heterocycles. The summed E-state index contributed by atoms with van der Waals surface area (Å²) in [6.45, 7) is 15.5. The maximum atomic E-state index is 14.4. The van der Waals surface area contributed by atoms with Crippen molar-refractivity contribution in [1.29, 1.82) is 0 Å². The number of amides is 1. The second kappa shape index (κ2) is 12.3. The van der Waals surface area contributed by atoms with Crippen LogP contribution in [0.5, 0.6) is 0 Å². The minimum atomic E-state index is -0.955. The van der Waals surface area contributed by atoms with Gasteiger partial charge in [-0.15, -0.1) is 11.6 Å². The largest absolute Gasteiger partial charge is 0.478 e. The third-order valence-electron chi connectivity index (χ3n) is 8.51. The van der Waals surface area contributed by atoms with Gasteiger partial charge in [-0.25, -0.2) is 4.79 Å². The highest BCUT2D eigenvalue weighted by molar-refractivity contribution is 6.41. The fourth-order valence-electron chi connectivity index (χ4n) is 6.11. The molecule has 1 aliphatic heterocycles. The number of alkyl halides is 1. The first-order valence-electron chi connectivity index (χ1n) is 14.2. The molecule has 2 aliphatic rings. The maximum absolute atomic E-state index is 14.4. The van der Waals surface area contributed by atoms with Gasteiger partial charge in [-0.2, -0.15) is 0 Å². The van der Waals surface area contributed by atoms with Crippen LogP contribution in [-0.2, 0) is 4.79 Å². The van der Waals surface area contributed by atoms with Crippen LogP contribution >= 0.6 is 23.2 Å². The Hall–Kier alpha value is -1.85. The van der Waals surface area contributed by atoms with Crippen LogP contribution in [0.2, 0.25) is 0 Å². The summed E-state index contributed by atoms with van der Waals surface area (Å²) < 4.78 is 0. The highest BCUT2D eigenvalue weighted by Crippen LogP contribution is 2.50. The minimum Gasteiger partial charge on any atom is -0.478 e. The second-order valence-electron chi connectivity index (χ2n) is 13.7. The number of halogens is 2. The fourth-order valence-corrected chi connectivity index (χ4v) is 6.68. The van der Waals surface area contributed by atoms with E-state index < -0.39 is 11.6 Å². The van der Waals surface area contributed by atoms with Crippen LogP contribution in [0, 0.1) is 22.7 Å². The van der Waals surface area contributed by atoms with E-state index >= 15 is 0 Å². The highest BCUT2D eigenvalue weighted by atomic mass is 35.5. The summed E-state index contributed by atoms with van der Waals surface area (Å²) in [7, 11) is 0. The number of carbonyl (C=O) groups is 2. The smallest absolute Gasteiger partial charge is 0.335 e. The molecule has 39 heavy (non-hydrogen) atoms. The van der Waals surface area contributed by atoms with E-state index in [1.165, 1.54) is 0 Å². The number of allylic oxidation sites excluding steroid dienone is 2. The topological polar surface area (TPSA) is 70.0 Å². The zero-order valence-corrected chi connectivity index (χ0v) is 26.2. The molecule has 1 spiro atoms. The number of benzene rings is 1. The van der Waals surface area contributed by atoms with Crippen LogP contribution in [0.25, 0.3) is 0 Å². The van der Waals surface area contributed by atoms with Gasteiger partial charge in [-0.05, 0) is 79.4 Å². The molecule has 1 heterocycles. The van der Waals surface area contributed by atoms with Crippen LogP contribution < -0.4 is 0 Å². The van der Waals surface area contributed by atoms with Crippen molar-refractivity contribution in [3.63, 3.8) is 0 Å². The van der Waals surface area contributed by atoms with Gasteiger partial charge in [0.1, 0.15) is 11.4 Å². The van der Waals surface area contributed by atoms with E-state index in [9.17, 15) is 14.7 Å². The van der Waals surface area contributed by atoms with Gasteiger partial charge >= 0.3 is 5.97 Å². The van der Waals surface area contributed by atoms with Crippen LogP contribution in [0.4, 0.5) is 0 Å². The summed E-state index contributed by atoms with van der Waals surface area (Å²) in [4.78, 5) is 33.3. The van der Waals surface area contributed by atoms with Gasteiger partial charge in [-0.3, -0.25) is 9.79 Å². The first-order valence-corrected chi connectivity index (χ1v) is 15.2. The van der Waals surface area contributed by atoms with Crippen LogP contribution in [0.3, 0.4) is 0 Å². The zero-order chi connectivity index (χ0) is 29.2. The molecule has 2 atom stereocenters. The molecule has 0 saturated heterocycles. The highest BCUT2D eigenvalue weighted by Gasteiger charge is 2.53. The van der Waals surface area contributed by atoms with E-state index in [-0.39, 0.29) is 34.3 Å². The molecule has 2 unspecified atom stereocenters. The maximum Gasteiger partial charge on any atom is 0.335 e. The van der Waals surface area contributed by atoms with Crippen molar-refractivity contribution in [1.82, 2.24) is 4.90 Å². The van der Waals surface area contributed by atoms with Gasteiger partial charge in [0.15, 0.2) is 0 Å². The average Bonchev–Trinajstić information content (AvgIpc) is 3.10. The summed E-state index contributed by atoms with van der Waals surface area (Å²) in [5.74, 6) is -0.209. The summed E-state index contributed by atoms with van der Waals surface area (Å²) in [5.41, 5.74) is 1.47. The molecule has 0 bridgehead atoms. The van der Waals surface area contributed by atoms with Crippen molar-refractivity contribution in [3.05, 3.63) is 46.5 Å². The van der Waals surface area contributed by atoms with E-state index in [4.69, 9.17) is 28.2 Å². The Morgan fingerprint density at radius 2 is 1.74 bits per heavy atom. The number of carboxylic acid groups (broad SMARTS) is 1. The third kappa shape index (κ3) is 7.67. The molecular formula is C32H46Cl2N2O3. The number of rotatable bonds is 9. The van der Waals surface area contributed by atoms with E-state index in [0.29, 0.717) is 29.0 Å². The summed E-state index contributed by atoms with van der Waals surface area (Å²) in [6, 6.07) is 6.84. The number of hydrogen-bond acceptors (Lipinski definition) is 3. The Balaban J connectivity index is 2.07. The Morgan fingerprint density at radius 3 is 2.23 bits per heavy atom. The second-order valence-corrected chi connectivity index (χ2v) is 14.5. The lowest BCUT2D eigenvalue weighted by Gasteiger charge is -2.48. The summed E-state index contributed by atoms with van der Waals surface area (Å²) >= 11 is 12.3. The van der Waals surface area contributed by atoms with Crippen LogP contribution in [0.1, 0.15) is 115 Å². The standard InChI is InChI=1S/C32H46Cl2N2O3/c1-21(20-25(34)15-19-33)27-28(37)36(32(35-27)17-12-24(13-18-32)31(5,6)7)26(14-16-30(2,3)4)22-8-10-23(11-9-22)29(38)39/h8-11,15,21,24,26H,12-14,16-20H2,1-7H3,(H,38,39). The average molecular weight is 578 g/mol. The third-order valence-corrected chi connectivity index (χ3v) is 8.98. The molecule has 1 N–H and O–H groups in total. The molecule has 1 aromatic rings. The predicted octanol–water partition coefficient (Wildman–Crippen LogP) is 8.86. The molecule has 1 saturated carbocycles. The molecule has 3 rings (SSSR count). The lowest BCUT2D eigenvalue weighted by atomic mass is 9.69. The molecule has 1 amide bonds. The quantitative estimate of drug-likeness (QED) is 0.298. The van der Waals surface area contributed by atoms with Crippen molar-refractivity contribution >= 4 is 40.8 Å². The Morgan fingerprint density at radius 1 is 1.15 bits per heavy atom. The molecule has 7 heteroatoms. The van der Waals surface area contributed by atoms with E-state index in [1.54, 1.807) is 18.2 Å². The Bertz CT molecular complexity index is 1090. The van der Waals surface area contributed by atoms with Gasteiger partial charge in [0.25, 0.3) is 5.91 Å². The van der Waals surface area contributed by atoms with Gasteiger partial charge in [0, 0.05) is 16.8 Å². The first kappa shape index (κ1) is 31.7. The summed E-state index contributed by atoms with van der Waals surface area (Å²) in [5, 5.41) is 10.1. The van der Waals surface area contributed by atoms with Crippen molar-refractivity contribution in [2.75, 3.05) is 5.88 Å². The monoisotopic (exact) mass is 576 g/mol. The molecular weight excluding hydrogens is 531 g/mol. The molecule has 1 aromatic carbocycles. The minimum absolute atomic E-state index is 0.0201. The molecule has 1 aliphatic carbocycles. The number of carbonyl (C=O) groups excluding carboxylic acids is 1. The number of nitrogens with zero attached hydrogens (tertiary/aromatic N) is 2. The molecule has 5 nitrogen and oxygen atoms in total. The molecule has 1 fully saturated rings. The lowest BCUT2D eigenvalue weighted by molar-refractivity contribution is -0.134. The zero-order valence-electron chi connectivity index (χ0n) is 24.7. The fraction of sp³-hybridized carbons (Fsp3) is 0.656. The normalized spacial score (nSPS) is 24.2. The van der Waals surface area contributed by atoms with Crippen molar-refractivity contribution in [3.8, 4) is 0 Å². The van der Waals surface area contributed by atoms with E-state index in [0.717, 1.165) is 44.1 Å². The molecule has 216 valence electrons. The Kier molecular flexibility index (Phi) is 10.0. The van der Waals surface area contributed by atoms with Crippen molar-refractivity contribution < 1.29 is 14.7 Å². The van der Waals surface area contributed by atoms with Crippen molar-refractivity contribution in [2.24, 2.45) is 27.7 Å². The van der Waals surface area contributed by atoms with Crippen molar-refractivity contribution in [2.45, 2.75) is 105 Å². The number of aliphatic imine (C=N–C) groups is 1. The summed E-state index contributed by atoms with van der Waals surface area (Å²) in [6.07, 6.45) is 7.65.